The van der Waals surface area contributed by atoms with Crippen LogP contribution in [0.15, 0.2) is 18.2 Å². The number of hydrogen-bond acceptors (Lipinski definition) is 2. The van der Waals surface area contributed by atoms with E-state index in [1.165, 1.54) is 12.1 Å². The largest absolute Gasteiger partial charge is 0.480 e. The molecule has 1 aliphatic rings. The molecule has 0 aromatic heterocycles. The Labute approximate surface area is 133 Å². The highest BCUT2D eigenvalue weighted by Crippen LogP contribution is 2.32. The molecular weight excluding hydrogens is 304 g/mol. The number of carbonyl (C=O) groups is 2. The summed E-state index contributed by atoms with van der Waals surface area (Å²) in [6.07, 6.45) is 2.22. The van der Waals surface area contributed by atoms with Crippen molar-refractivity contribution in [3.05, 3.63) is 35.4 Å². The van der Waals surface area contributed by atoms with E-state index in [9.17, 15) is 23.5 Å². The number of aliphatic carboxylic acids is 1. The Morgan fingerprint density at radius 1 is 1.30 bits per heavy atom. The Hall–Kier alpha value is -1.98. The number of benzene rings is 1. The zero-order valence-corrected chi connectivity index (χ0v) is 13.1. The smallest absolute Gasteiger partial charge is 0.329 e. The fourth-order valence-corrected chi connectivity index (χ4v) is 2.97. The third-order valence-electron chi connectivity index (χ3n) is 4.57. The lowest BCUT2D eigenvalue weighted by molar-refractivity contribution is -0.149. The van der Waals surface area contributed by atoms with Gasteiger partial charge in [-0.15, -0.1) is 0 Å². The SMILES string of the molecule is CC1CCC(NC(=O)CCc2cccc(F)c2F)(C(=O)O)CC1. The predicted molar refractivity (Wildman–Crippen MR) is 80.8 cm³/mol. The van der Waals surface area contributed by atoms with Crippen LogP contribution in [0.4, 0.5) is 8.78 Å². The summed E-state index contributed by atoms with van der Waals surface area (Å²) in [5, 5.41) is 12.1. The first-order valence-corrected chi connectivity index (χ1v) is 7.81. The molecule has 0 radical (unpaired) electrons. The molecule has 0 aliphatic heterocycles. The molecule has 1 fully saturated rings. The van der Waals surface area contributed by atoms with Gasteiger partial charge >= 0.3 is 5.97 Å². The number of carboxylic acid groups (broad SMARTS) is 1. The summed E-state index contributed by atoms with van der Waals surface area (Å²) in [4.78, 5) is 23.6. The quantitative estimate of drug-likeness (QED) is 0.874. The standard InChI is InChI=1S/C17H21F2NO3/c1-11-7-9-17(10-8-11,16(22)23)20-14(21)6-5-12-3-2-4-13(18)15(12)19/h2-4,11H,5-10H2,1H3,(H,20,21)(H,22,23). The van der Waals surface area contributed by atoms with Crippen LogP contribution in [0.1, 0.15) is 44.6 Å². The maximum absolute atomic E-state index is 13.6. The van der Waals surface area contributed by atoms with Crippen molar-refractivity contribution >= 4 is 11.9 Å². The van der Waals surface area contributed by atoms with Crippen molar-refractivity contribution in [2.24, 2.45) is 5.92 Å². The van der Waals surface area contributed by atoms with Gasteiger partial charge in [0.05, 0.1) is 0 Å². The molecule has 0 bridgehead atoms. The Bertz CT molecular complexity index is 596. The molecule has 4 nitrogen and oxygen atoms in total. The summed E-state index contributed by atoms with van der Waals surface area (Å²) in [5.74, 6) is -2.95. The highest BCUT2D eigenvalue weighted by Gasteiger charge is 2.42. The molecule has 1 aliphatic carbocycles. The van der Waals surface area contributed by atoms with E-state index in [4.69, 9.17) is 0 Å². The molecule has 0 atom stereocenters. The van der Waals surface area contributed by atoms with Crippen molar-refractivity contribution in [3.63, 3.8) is 0 Å². The number of aryl methyl sites for hydroxylation is 1. The molecule has 1 aromatic carbocycles. The summed E-state index contributed by atoms with van der Waals surface area (Å²) < 4.78 is 26.7. The predicted octanol–water partition coefficient (Wildman–Crippen LogP) is 3.05. The fourth-order valence-electron chi connectivity index (χ4n) is 2.97. The van der Waals surface area contributed by atoms with Gasteiger partial charge < -0.3 is 10.4 Å². The molecule has 0 spiro atoms. The lowest BCUT2D eigenvalue weighted by Gasteiger charge is -2.36. The molecule has 0 saturated heterocycles. The van der Waals surface area contributed by atoms with Gasteiger partial charge in [-0.1, -0.05) is 19.1 Å². The van der Waals surface area contributed by atoms with E-state index in [2.05, 4.69) is 12.2 Å². The van der Waals surface area contributed by atoms with Gasteiger partial charge in [0.15, 0.2) is 11.6 Å². The zero-order chi connectivity index (χ0) is 17.0. The van der Waals surface area contributed by atoms with E-state index in [1.54, 1.807) is 0 Å². The van der Waals surface area contributed by atoms with Crippen molar-refractivity contribution < 1.29 is 23.5 Å². The monoisotopic (exact) mass is 325 g/mol. The van der Waals surface area contributed by atoms with Crippen LogP contribution >= 0.6 is 0 Å². The lowest BCUT2D eigenvalue weighted by Crippen LogP contribution is -2.56. The first kappa shape index (κ1) is 17.4. The second kappa shape index (κ2) is 7.06. The molecule has 23 heavy (non-hydrogen) atoms. The number of rotatable bonds is 5. The van der Waals surface area contributed by atoms with Crippen molar-refractivity contribution in [1.82, 2.24) is 5.32 Å². The molecule has 0 heterocycles. The molecule has 1 aromatic rings. The van der Waals surface area contributed by atoms with Crippen LogP contribution in [0.25, 0.3) is 0 Å². The second-order valence-electron chi connectivity index (χ2n) is 6.33. The topological polar surface area (TPSA) is 66.4 Å². The summed E-state index contributed by atoms with van der Waals surface area (Å²) in [5.41, 5.74) is -1.12. The van der Waals surface area contributed by atoms with Crippen LogP contribution < -0.4 is 5.32 Å². The van der Waals surface area contributed by atoms with Gasteiger partial charge in [0.2, 0.25) is 5.91 Å². The minimum atomic E-state index is -1.23. The van der Waals surface area contributed by atoms with Gasteiger partial charge in [-0.3, -0.25) is 4.79 Å². The Kier molecular flexibility index (Phi) is 5.34. The number of carboxylic acids is 1. The van der Waals surface area contributed by atoms with E-state index in [0.717, 1.165) is 18.9 Å². The molecule has 1 saturated carbocycles. The summed E-state index contributed by atoms with van der Waals surface area (Å²) >= 11 is 0. The van der Waals surface area contributed by atoms with Gasteiger partial charge in [-0.2, -0.15) is 0 Å². The van der Waals surface area contributed by atoms with Crippen molar-refractivity contribution in [2.45, 2.75) is 51.0 Å². The van der Waals surface area contributed by atoms with Gasteiger partial charge in [-0.05, 0) is 49.7 Å². The first-order valence-electron chi connectivity index (χ1n) is 7.81. The number of nitrogens with one attached hydrogen (secondary N) is 1. The molecule has 2 N–H and O–H groups in total. The summed E-state index contributed by atoms with van der Waals surface area (Å²) in [6.45, 7) is 2.06. The Morgan fingerprint density at radius 3 is 2.57 bits per heavy atom. The highest BCUT2D eigenvalue weighted by atomic mass is 19.2. The number of halogens is 2. The maximum atomic E-state index is 13.6. The summed E-state index contributed by atoms with van der Waals surface area (Å²) in [7, 11) is 0. The molecule has 126 valence electrons. The minimum Gasteiger partial charge on any atom is -0.480 e. The van der Waals surface area contributed by atoms with E-state index in [0.29, 0.717) is 18.8 Å². The molecular formula is C17H21F2NO3. The molecule has 1 amide bonds. The second-order valence-corrected chi connectivity index (χ2v) is 6.33. The minimum absolute atomic E-state index is 0.0293. The van der Waals surface area contributed by atoms with Crippen molar-refractivity contribution in [2.75, 3.05) is 0 Å². The molecule has 2 rings (SSSR count). The van der Waals surface area contributed by atoms with Gasteiger partial charge in [-0.25, -0.2) is 13.6 Å². The van der Waals surface area contributed by atoms with Crippen LogP contribution in [0.2, 0.25) is 0 Å². The number of amides is 1. The average Bonchev–Trinajstić information content (AvgIpc) is 2.51. The van der Waals surface area contributed by atoms with Gasteiger partial charge in [0.1, 0.15) is 5.54 Å². The van der Waals surface area contributed by atoms with E-state index in [1.807, 2.05) is 0 Å². The maximum Gasteiger partial charge on any atom is 0.329 e. The average molecular weight is 325 g/mol. The van der Waals surface area contributed by atoms with Crippen molar-refractivity contribution in [3.8, 4) is 0 Å². The molecule has 0 unspecified atom stereocenters. The van der Waals surface area contributed by atoms with Gasteiger partial charge in [0.25, 0.3) is 0 Å². The van der Waals surface area contributed by atoms with Crippen molar-refractivity contribution in [1.29, 1.82) is 0 Å². The fraction of sp³-hybridized carbons (Fsp3) is 0.529. The third-order valence-corrected chi connectivity index (χ3v) is 4.57. The highest BCUT2D eigenvalue weighted by molar-refractivity contribution is 5.87. The van der Waals surface area contributed by atoms with Gasteiger partial charge in [0, 0.05) is 6.42 Å². The summed E-state index contributed by atoms with van der Waals surface area (Å²) in [6, 6.07) is 3.81. The third kappa shape index (κ3) is 4.06. The first-order chi connectivity index (χ1) is 10.8. The van der Waals surface area contributed by atoms with E-state index < -0.39 is 29.0 Å². The van der Waals surface area contributed by atoms with Crippen LogP contribution in [0.3, 0.4) is 0 Å². The number of hydrogen-bond donors (Lipinski definition) is 2. The van der Waals surface area contributed by atoms with Crippen LogP contribution in [0, 0.1) is 17.6 Å². The van der Waals surface area contributed by atoms with E-state index in [-0.39, 0.29) is 18.4 Å². The zero-order valence-electron chi connectivity index (χ0n) is 13.1. The van der Waals surface area contributed by atoms with Crippen LogP contribution in [0.5, 0.6) is 0 Å². The molecule has 6 heteroatoms. The van der Waals surface area contributed by atoms with E-state index >= 15 is 0 Å². The number of carbonyl (C=O) groups excluding carboxylic acids is 1. The normalized spacial score (nSPS) is 24.2. The lowest BCUT2D eigenvalue weighted by atomic mass is 9.77. The van der Waals surface area contributed by atoms with Crippen LogP contribution in [-0.2, 0) is 16.0 Å². The van der Waals surface area contributed by atoms with Crippen LogP contribution in [-0.4, -0.2) is 22.5 Å². The Morgan fingerprint density at radius 2 is 1.96 bits per heavy atom. The Balaban J connectivity index is 1.97.